The van der Waals surface area contributed by atoms with Gasteiger partial charge in [-0.1, -0.05) is 0 Å². The zero-order chi connectivity index (χ0) is 7.11. The molecule has 0 aromatic carbocycles. The Morgan fingerprint density at radius 1 is 1.22 bits per heavy atom. The van der Waals surface area contributed by atoms with E-state index in [-0.39, 0.29) is 0 Å². The zero-order valence-electron chi connectivity index (χ0n) is 5.82. The van der Waals surface area contributed by atoms with Crippen molar-refractivity contribution in [2.75, 3.05) is 19.5 Å². The van der Waals surface area contributed by atoms with Crippen molar-refractivity contribution in [3.05, 3.63) is 0 Å². The number of alkyl halides is 1. The Bertz CT molecular complexity index is 56.9. The summed E-state index contributed by atoms with van der Waals surface area (Å²) in [7, 11) is -1.55. The van der Waals surface area contributed by atoms with Crippen LogP contribution >= 0.6 is 0 Å². The molecule has 0 amide bonds. The quantitative estimate of drug-likeness (QED) is 0.547. The van der Waals surface area contributed by atoms with Crippen molar-refractivity contribution in [1.82, 2.24) is 0 Å². The summed E-state index contributed by atoms with van der Waals surface area (Å²) in [5.41, 5.74) is 0. The number of rotatable bonds is 5. The number of hydrogen-bond acceptors (Lipinski definition) is 2. The van der Waals surface area contributed by atoms with Gasteiger partial charge in [-0.2, -0.15) is 0 Å². The third-order valence-electron chi connectivity index (χ3n) is 0.720. The SMILES string of the molecule is CCO[Si](CF)OCC. The van der Waals surface area contributed by atoms with E-state index in [4.69, 9.17) is 8.85 Å². The van der Waals surface area contributed by atoms with Gasteiger partial charge in [0, 0.05) is 13.2 Å². The summed E-state index contributed by atoms with van der Waals surface area (Å²) in [6, 6.07) is 0. The fourth-order valence-electron chi connectivity index (χ4n) is 0.441. The molecule has 0 saturated heterocycles. The highest BCUT2D eigenvalue weighted by atomic mass is 28.3. The van der Waals surface area contributed by atoms with Gasteiger partial charge >= 0.3 is 9.28 Å². The van der Waals surface area contributed by atoms with Gasteiger partial charge < -0.3 is 8.85 Å². The molecule has 0 spiro atoms. The lowest BCUT2D eigenvalue weighted by atomic mass is 10.9. The molecule has 0 aromatic rings. The van der Waals surface area contributed by atoms with Crippen LogP contribution in [0.3, 0.4) is 0 Å². The molecule has 0 heterocycles. The van der Waals surface area contributed by atoms with Crippen LogP contribution in [-0.2, 0) is 8.85 Å². The highest BCUT2D eigenvalue weighted by molar-refractivity contribution is 6.44. The van der Waals surface area contributed by atoms with Crippen LogP contribution in [0.5, 0.6) is 0 Å². The Hall–Kier alpha value is 0.0669. The smallest absolute Gasteiger partial charge is 0.392 e. The van der Waals surface area contributed by atoms with E-state index in [1.807, 2.05) is 13.8 Å². The van der Waals surface area contributed by atoms with Gasteiger partial charge in [-0.05, 0) is 13.8 Å². The first-order valence-corrected chi connectivity index (χ1v) is 4.54. The van der Waals surface area contributed by atoms with Gasteiger partial charge in [-0.15, -0.1) is 0 Å². The fourth-order valence-corrected chi connectivity index (χ4v) is 1.32. The molecule has 0 aliphatic carbocycles. The van der Waals surface area contributed by atoms with Crippen LogP contribution in [0.25, 0.3) is 0 Å². The van der Waals surface area contributed by atoms with E-state index in [9.17, 15) is 4.39 Å². The summed E-state index contributed by atoms with van der Waals surface area (Å²) in [5.74, 6) is 0. The van der Waals surface area contributed by atoms with E-state index in [1.54, 1.807) is 0 Å². The molecule has 0 bridgehead atoms. The molecule has 4 heteroatoms. The average Bonchev–Trinajstić information content (AvgIpc) is 1.88. The molecular formula is C5H12FO2Si. The van der Waals surface area contributed by atoms with E-state index >= 15 is 0 Å². The molecule has 0 aliphatic rings. The van der Waals surface area contributed by atoms with Crippen LogP contribution in [0.4, 0.5) is 4.39 Å². The number of halogens is 1. The Morgan fingerprint density at radius 3 is 1.89 bits per heavy atom. The minimum Gasteiger partial charge on any atom is -0.392 e. The molecular weight excluding hydrogens is 139 g/mol. The third-order valence-corrected chi connectivity index (χ3v) is 2.16. The van der Waals surface area contributed by atoms with Crippen molar-refractivity contribution in [3.63, 3.8) is 0 Å². The molecule has 1 radical (unpaired) electrons. The van der Waals surface area contributed by atoms with Crippen molar-refractivity contribution in [1.29, 1.82) is 0 Å². The Labute approximate surface area is 56.8 Å². The molecule has 0 rings (SSSR count). The van der Waals surface area contributed by atoms with Crippen LogP contribution in [0.2, 0.25) is 0 Å². The van der Waals surface area contributed by atoms with E-state index in [1.165, 1.54) is 0 Å². The van der Waals surface area contributed by atoms with Crippen LogP contribution in [0, 0.1) is 0 Å². The van der Waals surface area contributed by atoms with Gasteiger partial charge in [-0.25, -0.2) is 4.39 Å². The van der Waals surface area contributed by atoms with Crippen LogP contribution in [0.1, 0.15) is 13.8 Å². The lowest BCUT2D eigenvalue weighted by molar-refractivity contribution is 0.202. The maximum atomic E-state index is 11.8. The Balaban J connectivity index is 3.18. The molecule has 2 nitrogen and oxygen atoms in total. The maximum Gasteiger partial charge on any atom is 0.418 e. The zero-order valence-corrected chi connectivity index (χ0v) is 6.82. The van der Waals surface area contributed by atoms with E-state index in [2.05, 4.69) is 0 Å². The lowest BCUT2D eigenvalue weighted by Gasteiger charge is -2.07. The summed E-state index contributed by atoms with van der Waals surface area (Å²) < 4.78 is 21.7. The largest absolute Gasteiger partial charge is 0.418 e. The second-order valence-electron chi connectivity index (χ2n) is 1.37. The summed E-state index contributed by atoms with van der Waals surface area (Å²) in [6.07, 6.45) is -0.466. The molecule has 0 unspecified atom stereocenters. The van der Waals surface area contributed by atoms with Gasteiger partial charge in [0.15, 0.2) is 0 Å². The highest BCUT2D eigenvalue weighted by Crippen LogP contribution is 1.89. The van der Waals surface area contributed by atoms with Crippen LogP contribution in [-0.4, -0.2) is 28.8 Å². The molecule has 0 aliphatic heterocycles. The van der Waals surface area contributed by atoms with Crippen LogP contribution < -0.4 is 0 Å². The van der Waals surface area contributed by atoms with Crippen molar-refractivity contribution in [2.45, 2.75) is 13.8 Å². The topological polar surface area (TPSA) is 18.5 Å². The summed E-state index contributed by atoms with van der Waals surface area (Å²) in [6.45, 7) is 4.75. The predicted octanol–water partition coefficient (Wildman–Crippen LogP) is 1.06. The second-order valence-corrected chi connectivity index (χ2v) is 2.96. The minimum absolute atomic E-state index is 0.466. The number of hydrogen-bond donors (Lipinski definition) is 0. The highest BCUT2D eigenvalue weighted by Gasteiger charge is 2.12. The van der Waals surface area contributed by atoms with Crippen molar-refractivity contribution in [3.8, 4) is 0 Å². The molecule has 0 N–H and O–H groups in total. The van der Waals surface area contributed by atoms with Gasteiger partial charge in [0.2, 0.25) is 0 Å². The minimum atomic E-state index is -1.55. The summed E-state index contributed by atoms with van der Waals surface area (Å²) in [5, 5.41) is 0. The lowest BCUT2D eigenvalue weighted by Crippen LogP contribution is -2.25. The molecule has 0 fully saturated rings. The van der Waals surface area contributed by atoms with E-state index < -0.39 is 15.6 Å². The Kier molecular flexibility index (Phi) is 6.24. The standard InChI is InChI=1S/C5H12FO2Si/c1-3-7-9(5-6)8-4-2/h3-5H2,1-2H3. The third kappa shape index (κ3) is 4.56. The normalized spacial score (nSPS) is 10.7. The molecule has 0 saturated carbocycles. The monoisotopic (exact) mass is 151 g/mol. The van der Waals surface area contributed by atoms with Crippen molar-refractivity contribution >= 4 is 9.28 Å². The molecule has 9 heavy (non-hydrogen) atoms. The molecule has 55 valence electrons. The van der Waals surface area contributed by atoms with Gasteiger partial charge in [0.1, 0.15) is 6.30 Å². The first kappa shape index (κ1) is 9.07. The van der Waals surface area contributed by atoms with E-state index in [0.29, 0.717) is 13.2 Å². The summed E-state index contributed by atoms with van der Waals surface area (Å²) >= 11 is 0. The summed E-state index contributed by atoms with van der Waals surface area (Å²) in [4.78, 5) is 0. The molecule has 0 aromatic heterocycles. The Morgan fingerprint density at radius 2 is 1.67 bits per heavy atom. The maximum absolute atomic E-state index is 11.8. The first-order valence-electron chi connectivity index (χ1n) is 3.02. The fraction of sp³-hybridized carbons (Fsp3) is 1.00. The molecule has 0 atom stereocenters. The predicted molar refractivity (Wildman–Crippen MR) is 35.0 cm³/mol. The average molecular weight is 151 g/mol. The van der Waals surface area contributed by atoms with Crippen molar-refractivity contribution < 1.29 is 13.2 Å². The second kappa shape index (κ2) is 6.19. The van der Waals surface area contributed by atoms with Gasteiger partial charge in [-0.3, -0.25) is 0 Å². The van der Waals surface area contributed by atoms with Gasteiger partial charge in [0.25, 0.3) is 0 Å². The van der Waals surface area contributed by atoms with Crippen LogP contribution in [0.15, 0.2) is 0 Å². The van der Waals surface area contributed by atoms with Crippen molar-refractivity contribution in [2.24, 2.45) is 0 Å². The van der Waals surface area contributed by atoms with E-state index in [0.717, 1.165) is 0 Å². The first-order chi connectivity index (χ1) is 4.35. The van der Waals surface area contributed by atoms with Gasteiger partial charge in [0.05, 0.1) is 0 Å².